The molecule has 3 radical (unpaired) electrons. The van der Waals surface area contributed by atoms with Crippen LogP contribution < -0.4 is 9.47 Å². The molecule has 0 amide bonds. The largest absolute Gasteiger partial charge is 0.496 e. The Bertz CT molecular complexity index is 438. The van der Waals surface area contributed by atoms with Crippen LogP contribution in [0, 0.1) is 0 Å². The van der Waals surface area contributed by atoms with Gasteiger partial charge in [-0.15, -0.1) is 0 Å². The average molecular weight is 245 g/mol. The average Bonchev–Trinajstić information content (AvgIpc) is 2.38. The van der Waals surface area contributed by atoms with E-state index in [4.69, 9.17) is 9.47 Å². The number of benzene rings is 2. The number of para-hydroxylation sites is 2. The smallest absolute Gasteiger partial charge is 0.126 e. The minimum absolute atomic E-state index is 0. The molecule has 0 saturated carbocycles. The number of methoxy groups -OCH3 is 2. The van der Waals surface area contributed by atoms with Crippen molar-refractivity contribution in [3.05, 3.63) is 48.5 Å². The molecule has 0 bridgehead atoms. The van der Waals surface area contributed by atoms with Crippen molar-refractivity contribution in [2.45, 2.75) is 0 Å². The van der Waals surface area contributed by atoms with Crippen molar-refractivity contribution in [3.63, 3.8) is 0 Å². The molecule has 0 fully saturated rings. The number of hydrogen-bond acceptors (Lipinski definition) is 2. The Labute approximate surface area is 105 Å². The van der Waals surface area contributed by atoms with Crippen molar-refractivity contribution in [1.29, 1.82) is 0 Å². The van der Waals surface area contributed by atoms with E-state index in [0.29, 0.717) is 0 Å². The van der Waals surface area contributed by atoms with Crippen LogP contribution in [0.25, 0.3) is 11.1 Å². The minimum Gasteiger partial charge on any atom is -0.496 e. The first-order valence-electron chi connectivity index (χ1n) is 5.13. The summed E-state index contributed by atoms with van der Waals surface area (Å²) in [4.78, 5) is 0. The van der Waals surface area contributed by atoms with Crippen molar-refractivity contribution in [3.8, 4) is 22.6 Å². The van der Waals surface area contributed by atoms with Gasteiger partial charge in [-0.3, -0.25) is 0 Å². The number of rotatable bonds is 3. The Morgan fingerprint density at radius 1 is 0.647 bits per heavy atom. The van der Waals surface area contributed by atoms with Gasteiger partial charge in [0.25, 0.3) is 0 Å². The van der Waals surface area contributed by atoms with Gasteiger partial charge in [0, 0.05) is 21.0 Å². The van der Waals surface area contributed by atoms with Gasteiger partial charge in [0.15, 0.2) is 0 Å². The number of ether oxygens (including phenoxy) is 2. The summed E-state index contributed by atoms with van der Waals surface area (Å²) in [6, 6.07) is 15.8. The van der Waals surface area contributed by atoms with Gasteiger partial charge in [-0.25, -0.2) is 0 Å². The van der Waals surface area contributed by atoms with Crippen molar-refractivity contribution in [2.24, 2.45) is 0 Å². The van der Waals surface area contributed by atoms with Crippen LogP contribution >= 0.6 is 9.90 Å². The first-order chi connectivity index (χ1) is 7.86. The fourth-order valence-electron chi connectivity index (χ4n) is 1.73. The highest BCUT2D eigenvalue weighted by atomic mass is 31.0. The van der Waals surface area contributed by atoms with Gasteiger partial charge in [-0.1, -0.05) is 36.4 Å². The summed E-state index contributed by atoms with van der Waals surface area (Å²) >= 11 is 0. The molecule has 87 valence electrons. The van der Waals surface area contributed by atoms with Gasteiger partial charge in [0.2, 0.25) is 0 Å². The van der Waals surface area contributed by atoms with Crippen LogP contribution in [0.15, 0.2) is 48.5 Å². The van der Waals surface area contributed by atoms with Crippen LogP contribution in [0.2, 0.25) is 0 Å². The van der Waals surface area contributed by atoms with Crippen LogP contribution in [0.1, 0.15) is 0 Å². The van der Waals surface area contributed by atoms with E-state index in [9.17, 15) is 0 Å². The van der Waals surface area contributed by atoms with Crippen LogP contribution in [0.4, 0.5) is 0 Å². The molecular formula is C14H14O2P. The van der Waals surface area contributed by atoms with E-state index in [2.05, 4.69) is 0 Å². The second-order valence-electron chi connectivity index (χ2n) is 3.40. The molecule has 0 spiro atoms. The Balaban J connectivity index is 0.00000144. The molecule has 0 atom stereocenters. The molecule has 2 aromatic rings. The topological polar surface area (TPSA) is 18.5 Å². The molecule has 2 aromatic carbocycles. The molecular weight excluding hydrogens is 231 g/mol. The summed E-state index contributed by atoms with van der Waals surface area (Å²) in [5.41, 5.74) is 2.09. The van der Waals surface area contributed by atoms with Gasteiger partial charge < -0.3 is 9.47 Å². The normalized spacial score (nSPS) is 9.29. The third-order valence-corrected chi connectivity index (χ3v) is 2.50. The lowest BCUT2D eigenvalue weighted by molar-refractivity contribution is 0.410. The molecule has 0 unspecified atom stereocenters. The Morgan fingerprint density at radius 3 is 1.35 bits per heavy atom. The summed E-state index contributed by atoms with van der Waals surface area (Å²) in [5.74, 6) is 1.71. The Kier molecular flexibility index (Phi) is 4.99. The summed E-state index contributed by atoms with van der Waals surface area (Å²) in [5, 5.41) is 0. The third-order valence-electron chi connectivity index (χ3n) is 2.50. The lowest BCUT2D eigenvalue weighted by atomic mass is 10.0. The Hall–Kier alpha value is -1.53. The first-order valence-corrected chi connectivity index (χ1v) is 5.13. The lowest BCUT2D eigenvalue weighted by Crippen LogP contribution is -1.90. The predicted octanol–water partition coefficient (Wildman–Crippen LogP) is 4.23. The molecule has 0 N–H and O–H groups in total. The third kappa shape index (κ3) is 2.78. The van der Waals surface area contributed by atoms with Crippen LogP contribution in [0.3, 0.4) is 0 Å². The van der Waals surface area contributed by atoms with Crippen molar-refractivity contribution in [2.75, 3.05) is 14.2 Å². The van der Waals surface area contributed by atoms with Crippen LogP contribution in [-0.2, 0) is 0 Å². The summed E-state index contributed by atoms with van der Waals surface area (Å²) in [6.07, 6.45) is 0. The fraction of sp³-hybridized carbons (Fsp3) is 0.143. The van der Waals surface area contributed by atoms with Gasteiger partial charge in [-0.2, -0.15) is 0 Å². The maximum absolute atomic E-state index is 5.34. The molecule has 17 heavy (non-hydrogen) atoms. The molecule has 0 aliphatic rings. The highest BCUT2D eigenvalue weighted by molar-refractivity contribution is 6.92. The highest BCUT2D eigenvalue weighted by Crippen LogP contribution is 2.35. The highest BCUT2D eigenvalue weighted by Gasteiger charge is 2.08. The summed E-state index contributed by atoms with van der Waals surface area (Å²) in [7, 11) is 3.35. The van der Waals surface area contributed by atoms with Gasteiger partial charge in [0.05, 0.1) is 14.2 Å². The van der Waals surface area contributed by atoms with Crippen molar-refractivity contribution >= 4 is 9.90 Å². The molecule has 2 nitrogen and oxygen atoms in total. The lowest BCUT2D eigenvalue weighted by Gasteiger charge is -2.11. The van der Waals surface area contributed by atoms with Crippen molar-refractivity contribution < 1.29 is 9.47 Å². The molecule has 0 saturated heterocycles. The minimum atomic E-state index is 0. The molecule has 0 aliphatic heterocycles. The molecule has 0 aromatic heterocycles. The van der Waals surface area contributed by atoms with E-state index in [1.54, 1.807) is 14.2 Å². The van der Waals surface area contributed by atoms with Gasteiger partial charge in [-0.05, 0) is 12.1 Å². The second-order valence-corrected chi connectivity index (χ2v) is 3.40. The standard InChI is InChI=1S/C14H14O2.P/c1-15-13-9-5-3-7-11(13)12-8-4-6-10-14(12)16-2;/h3-10H,1-2H3;. The van der Waals surface area contributed by atoms with Gasteiger partial charge >= 0.3 is 0 Å². The zero-order chi connectivity index (χ0) is 11.4. The monoisotopic (exact) mass is 245 g/mol. The quantitative estimate of drug-likeness (QED) is 0.753. The second kappa shape index (κ2) is 6.27. The van der Waals surface area contributed by atoms with Gasteiger partial charge in [0.1, 0.15) is 11.5 Å². The predicted molar refractivity (Wildman–Crippen MR) is 71.9 cm³/mol. The first kappa shape index (κ1) is 13.5. The number of hydrogen-bond donors (Lipinski definition) is 0. The fourth-order valence-corrected chi connectivity index (χ4v) is 1.73. The van der Waals surface area contributed by atoms with E-state index in [1.165, 1.54) is 0 Å². The van der Waals surface area contributed by atoms with Crippen molar-refractivity contribution in [1.82, 2.24) is 0 Å². The Morgan fingerprint density at radius 2 is 1.00 bits per heavy atom. The maximum atomic E-state index is 5.34. The summed E-state index contributed by atoms with van der Waals surface area (Å²) < 4.78 is 10.7. The zero-order valence-electron chi connectivity index (χ0n) is 9.88. The SMILES string of the molecule is COc1ccccc1-c1ccccc1OC.[P]. The summed E-state index contributed by atoms with van der Waals surface area (Å²) in [6.45, 7) is 0. The van der Waals surface area contributed by atoms with E-state index >= 15 is 0 Å². The molecule has 2 rings (SSSR count). The molecule has 0 heterocycles. The molecule has 3 heteroatoms. The van der Waals surface area contributed by atoms with E-state index in [1.807, 2.05) is 48.5 Å². The van der Waals surface area contributed by atoms with E-state index < -0.39 is 0 Å². The van der Waals surface area contributed by atoms with E-state index in [-0.39, 0.29) is 9.90 Å². The van der Waals surface area contributed by atoms with E-state index in [0.717, 1.165) is 22.6 Å². The zero-order valence-corrected chi connectivity index (χ0v) is 10.8. The maximum Gasteiger partial charge on any atom is 0.126 e. The molecule has 0 aliphatic carbocycles. The van der Waals surface area contributed by atoms with Crippen LogP contribution in [0.5, 0.6) is 11.5 Å². The van der Waals surface area contributed by atoms with Crippen LogP contribution in [-0.4, -0.2) is 14.2 Å².